The molecule has 27 heavy (non-hydrogen) atoms. The molecule has 0 heterocycles. The molecule has 0 aromatic heterocycles. The molecule has 5 aromatic rings. The van der Waals surface area contributed by atoms with Crippen LogP contribution in [0, 0.1) is 20.8 Å². The lowest BCUT2D eigenvalue weighted by atomic mass is 9.87. The molecule has 0 amide bonds. The lowest BCUT2D eigenvalue weighted by Gasteiger charge is -2.17. The molecule has 0 fully saturated rings. The Kier molecular flexibility index (Phi) is 3.55. The van der Waals surface area contributed by atoms with E-state index in [1.54, 1.807) is 0 Å². The maximum atomic E-state index is 2.37. The molecule has 5 aromatic carbocycles. The van der Waals surface area contributed by atoms with Crippen LogP contribution in [0.25, 0.3) is 43.4 Å². The summed E-state index contributed by atoms with van der Waals surface area (Å²) in [6.45, 7) is 6.67. The smallest absolute Gasteiger partial charge is 0.00263 e. The van der Waals surface area contributed by atoms with Crippen molar-refractivity contribution in [2.75, 3.05) is 0 Å². The first-order chi connectivity index (χ1) is 13.1. The second-order valence-corrected chi connectivity index (χ2v) is 7.59. The molecule has 0 nitrogen and oxygen atoms in total. The predicted molar refractivity (Wildman–Crippen MR) is 119 cm³/mol. The summed E-state index contributed by atoms with van der Waals surface area (Å²) < 4.78 is 0. The van der Waals surface area contributed by atoms with E-state index in [1.165, 1.54) is 60.1 Å². The topological polar surface area (TPSA) is 0 Å². The van der Waals surface area contributed by atoms with Crippen LogP contribution in [0.1, 0.15) is 16.7 Å². The lowest BCUT2D eigenvalue weighted by molar-refractivity contribution is 1.36. The minimum Gasteiger partial charge on any atom is -0.0616 e. The second kappa shape index (κ2) is 5.96. The highest BCUT2D eigenvalue weighted by atomic mass is 14.2. The van der Waals surface area contributed by atoms with Gasteiger partial charge in [0.05, 0.1) is 0 Å². The maximum absolute atomic E-state index is 2.37. The summed E-state index contributed by atoms with van der Waals surface area (Å²) in [5.74, 6) is 0. The molecule has 0 atom stereocenters. The first-order valence-corrected chi connectivity index (χ1v) is 9.55. The van der Waals surface area contributed by atoms with Crippen molar-refractivity contribution in [3.8, 4) is 11.1 Å². The van der Waals surface area contributed by atoms with Crippen molar-refractivity contribution in [3.05, 3.63) is 95.6 Å². The molecule has 0 bridgehead atoms. The van der Waals surface area contributed by atoms with Crippen LogP contribution in [0.2, 0.25) is 0 Å². The highest BCUT2D eigenvalue weighted by Crippen LogP contribution is 2.40. The Morgan fingerprint density at radius 3 is 1.89 bits per heavy atom. The van der Waals surface area contributed by atoms with Gasteiger partial charge < -0.3 is 0 Å². The van der Waals surface area contributed by atoms with Gasteiger partial charge in [-0.15, -0.1) is 0 Å². The Balaban J connectivity index is 1.99. The van der Waals surface area contributed by atoms with Gasteiger partial charge >= 0.3 is 0 Å². The van der Waals surface area contributed by atoms with E-state index in [1.807, 2.05) is 0 Å². The van der Waals surface area contributed by atoms with Gasteiger partial charge in [0.15, 0.2) is 0 Å². The summed E-state index contributed by atoms with van der Waals surface area (Å²) in [6.07, 6.45) is 0. The fourth-order valence-corrected chi connectivity index (χ4v) is 4.31. The fourth-order valence-electron chi connectivity index (χ4n) is 4.31. The van der Waals surface area contributed by atoms with E-state index in [0.29, 0.717) is 0 Å². The highest BCUT2D eigenvalue weighted by molar-refractivity contribution is 6.15. The van der Waals surface area contributed by atoms with Crippen LogP contribution in [0.3, 0.4) is 0 Å². The number of rotatable bonds is 1. The minimum atomic E-state index is 1.29. The molecule has 0 N–H and O–H groups in total. The van der Waals surface area contributed by atoms with Crippen LogP contribution >= 0.6 is 0 Å². The van der Waals surface area contributed by atoms with Crippen LogP contribution in [0.5, 0.6) is 0 Å². The quantitative estimate of drug-likeness (QED) is 0.272. The summed E-state index contributed by atoms with van der Waals surface area (Å²) >= 11 is 0. The van der Waals surface area contributed by atoms with Gasteiger partial charge in [0.1, 0.15) is 0 Å². The molecule has 0 heteroatoms. The third kappa shape index (κ3) is 2.44. The van der Waals surface area contributed by atoms with E-state index in [2.05, 4.69) is 99.6 Å². The average molecular weight is 346 g/mol. The van der Waals surface area contributed by atoms with E-state index in [9.17, 15) is 0 Å². The monoisotopic (exact) mass is 346 g/mol. The van der Waals surface area contributed by atoms with E-state index in [-0.39, 0.29) is 0 Å². The molecular weight excluding hydrogens is 324 g/mol. The Morgan fingerprint density at radius 1 is 0.481 bits per heavy atom. The Hall–Kier alpha value is -3.12. The Bertz CT molecular complexity index is 1340. The summed E-state index contributed by atoms with van der Waals surface area (Å²) in [4.78, 5) is 0. The van der Waals surface area contributed by atoms with Crippen molar-refractivity contribution in [2.45, 2.75) is 20.8 Å². The zero-order chi connectivity index (χ0) is 18.5. The number of hydrogen-bond donors (Lipinski definition) is 0. The van der Waals surface area contributed by atoms with Gasteiger partial charge in [0.2, 0.25) is 0 Å². The van der Waals surface area contributed by atoms with Crippen molar-refractivity contribution < 1.29 is 0 Å². The van der Waals surface area contributed by atoms with Gasteiger partial charge in [-0.1, -0.05) is 72.8 Å². The van der Waals surface area contributed by atoms with Crippen LogP contribution in [-0.4, -0.2) is 0 Å². The Morgan fingerprint density at radius 2 is 1.11 bits per heavy atom. The number of fused-ring (bicyclic) bond motifs is 3. The van der Waals surface area contributed by atoms with Crippen LogP contribution in [0.4, 0.5) is 0 Å². The molecule has 0 aliphatic carbocycles. The van der Waals surface area contributed by atoms with Crippen molar-refractivity contribution in [2.24, 2.45) is 0 Å². The molecule has 0 saturated heterocycles. The molecule has 5 rings (SSSR count). The summed E-state index contributed by atoms with van der Waals surface area (Å²) in [5.41, 5.74) is 6.70. The first-order valence-electron chi connectivity index (χ1n) is 9.55. The number of benzene rings is 5. The lowest BCUT2D eigenvalue weighted by Crippen LogP contribution is -1.92. The summed E-state index contributed by atoms with van der Waals surface area (Å²) in [5, 5.41) is 7.97. The van der Waals surface area contributed by atoms with Crippen LogP contribution < -0.4 is 0 Å². The first kappa shape index (κ1) is 16.1. The van der Waals surface area contributed by atoms with Crippen molar-refractivity contribution in [3.63, 3.8) is 0 Å². The van der Waals surface area contributed by atoms with E-state index < -0.39 is 0 Å². The fraction of sp³-hybridized carbons (Fsp3) is 0.111. The SMILES string of the molecule is Cc1cc2c(C)c3ccccc3c(-c3ccc4ccccc4c3)c2cc1C. The molecule has 130 valence electrons. The summed E-state index contributed by atoms with van der Waals surface area (Å²) in [7, 11) is 0. The molecule has 0 saturated carbocycles. The normalized spacial score (nSPS) is 11.5. The zero-order valence-corrected chi connectivity index (χ0v) is 16.0. The molecule has 0 aliphatic rings. The minimum absolute atomic E-state index is 1.29. The third-order valence-electron chi connectivity index (χ3n) is 5.95. The van der Waals surface area contributed by atoms with E-state index in [0.717, 1.165) is 0 Å². The van der Waals surface area contributed by atoms with Gasteiger partial charge in [-0.3, -0.25) is 0 Å². The predicted octanol–water partition coefficient (Wildman–Crippen LogP) is 7.74. The number of hydrogen-bond acceptors (Lipinski definition) is 0. The van der Waals surface area contributed by atoms with Crippen molar-refractivity contribution in [1.82, 2.24) is 0 Å². The van der Waals surface area contributed by atoms with Crippen LogP contribution in [0.15, 0.2) is 78.9 Å². The molecular formula is C27H22. The largest absolute Gasteiger partial charge is 0.0616 e. The van der Waals surface area contributed by atoms with Gasteiger partial charge in [-0.05, 0) is 87.0 Å². The van der Waals surface area contributed by atoms with Gasteiger partial charge in [-0.25, -0.2) is 0 Å². The van der Waals surface area contributed by atoms with E-state index >= 15 is 0 Å². The zero-order valence-electron chi connectivity index (χ0n) is 16.0. The van der Waals surface area contributed by atoms with Crippen molar-refractivity contribution in [1.29, 1.82) is 0 Å². The summed E-state index contributed by atoms with van der Waals surface area (Å²) in [6, 6.07) is 29.0. The maximum Gasteiger partial charge on any atom is -0.00263 e. The number of aryl methyl sites for hydroxylation is 3. The molecule has 0 radical (unpaired) electrons. The molecule has 0 aliphatic heterocycles. The average Bonchev–Trinajstić information content (AvgIpc) is 2.70. The van der Waals surface area contributed by atoms with E-state index in [4.69, 9.17) is 0 Å². The second-order valence-electron chi connectivity index (χ2n) is 7.59. The standard InChI is InChI=1S/C27H22/c1-17-14-25-19(3)23-10-6-7-11-24(23)27(26(25)15-18(17)2)22-13-12-20-8-4-5-9-21(20)16-22/h4-16H,1-3H3. The third-order valence-corrected chi connectivity index (χ3v) is 5.95. The van der Waals surface area contributed by atoms with Crippen LogP contribution in [-0.2, 0) is 0 Å². The molecule has 0 unspecified atom stereocenters. The van der Waals surface area contributed by atoms with Gasteiger partial charge in [0, 0.05) is 0 Å². The van der Waals surface area contributed by atoms with Crippen molar-refractivity contribution >= 4 is 32.3 Å². The molecule has 0 spiro atoms. The van der Waals surface area contributed by atoms with Gasteiger partial charge in [-0.2, -0.15) is 0 Å². The highest BCUT2D eigenvalue weighted by Gasteiger charge is 2.14. The Labute approximate surface area is 160 Å². The van der Waals surface area contributed by atoms with Gasteiger partial charge in [0.25, 0.3) is 0 Å².